The summed E-state index contributed by atoms with van der Waals surface area (Å²) in [5, 5.41) is 13.1. The third-order valence-electron chi connectivity index (χ3n) is 4.34. The van der Waals surface area contributed by atoms with Crippen LogP contribution in [0.4, 0.5) is 18.2 Å². The predicted octanol–water partition coefficient (Wildman–Crippen LogP) is 5.23. The molecule has 2 aromatic carbocycles. The van der Waals surface area contributed by atoms with Crippen molar-refractivity contribution < 1.29 is 32.3 Å². The van der Waals surface area contributed by atoms with E-state index in [0.29, 0.717) is 0 Å². The number of rotatable bonds is 4. The van der Waals surface area contributed by atoms with Crippen LogP contribution >= 0.6 is 11.3 Å². The Labute approximate surface area is 170 Å². The van der Waals surface area contributed by atoms with Crippen molar-refractivity contribution in [3.8, 4) is 11.1 Å². The number of nitrogens with zero attached hydrogens (tertiary/aromatic N) is 1. The lowest BCUT2D eigenvalue weighted by molar-refractivity contribution is 0.0699. The van der Waals surface area contributed by atoms with Gasteiger partial charge in [-0.25, -0.2) is 22.9 Å². The fourth-order valence-corrected chi connectivity index (χ4v) is 3.81. The molecule has 0 aliphatic rings. The highest BCUT2D eigenvalue weighted by Gasteiger charge is 2.26. The van der Waals surface area contributed by atoms with E-state index in [0.717, 1.165) is 23.5 Å². The zero-order valence-corrected chi connectivity index (χ0v) is 15.9. The van der Waals surface area contributed by atoms with Gasteiger partial charge in [0.25, 0.3) is 5.89 Å². The molecule has 0 fully saturated rings. The van der Waals surface area contributed by atoms with Crippen LogP contribution in [-0.4, -0.2) is 22.0 Å². The molecule has 2 heterocycles. The highest BCUT2D eigenvalue weighted by Crippen LogP contribution is 2.38. The minimum atomic E-state index is -1.44. The number of fused-ring (bicyclic) bond motifs is 1. The number of thiophene rings is 1. The van der Waals surface area contributed by atoms with Crippen LogP contribution in [0.25, 0.3) is 22.2 Å². The lowest BCUT2D eigenvalue weighted by Crippen LogP contribution is -2.14. The SMILES string of the molecule is Cc1ccc(-c2csc(NC(=O)c3nc4ccc(F)cc4o3)c2C(=O)O)c(F)c1F. The van der Waals surface area contributed by atoms with Crippen LogP contribution in [0.1, 0.15) is 26.6 Å². The average molecular weight is 432 g/mol. The summed E-state index contributed by atoms with van der Waals surface area (Å²) in [6.07, 6.45) is 0. The lowest BCUT2D eigenvalue weighted by Gasteiger charge is -2.07. The molecule has 0 aliphatic carbocycles. The zero-order chi connectivity index (χ0) is 21.6. The largest absolute Gasteiger partial charge is 0.478 e. The standard InChI is InChI=1S/C20H11F3N2O4S/c1-8-2-4-10(16(23)15(8)22)11-7-30-19(14(11)20(27)28)25-17(26)18-24-12-5-3-9(21)6-13(12)29-18/h2-7H,1H3,(H,25,26)(H,27,28). The fraction of sp³-hybridized carbons (Fsp3) is 0.0500. The summed E-state index contributed by atoms with van der Waals surface area (Å²) in [7, 11) is 0. The Morgan fingerprint density at radius 1 is 1.10 bits per heavy atom. The van der Waals surface area contributed by atoms with Crippen LogP contribution in [-0.2, 0) is 0 Å². The minimum Gasteiger partial charge on any atom is -0.478 e. The van der Waals surface area contributed by atoms with Gasteiger partial charge >= 0.3 is 11.9 Å². The van der Waals surface area contributed by atoms with E-state index in [1.54, 1.807) is 0 Å². The third kappa shape index (κ3) is 3.30. The number of aromatic carboxylic acids is 1. The molecule has 10 heteroatoms. The van der Waals surface area contributed by atoms with Crippen LogP contribution in [0, 0.1) is 24.4 Å². The van der Waals surface area contributed by atoms with Crippen molar-refractivity contribution in [1.29, 1.82) is 0 Å². The molecule has 0 unspecified atom stereocenters. The number of carbonyl (C=O) groups excluding carboxylic acids is 1. The summed E-state index contributed by atoms with van der Waals surface area (Å²) in [5.74, 6) is -5.57. The van der Waals surface area contributed by atoms with Gasteiger partial charge in [-0.1, -0.05) is 12.1 Å². The van der Waals surface area contributed by atoms with Crippen molar-refractivity contribution in [1.82, 2.24) is 4.98 Å². The first-order valence-corrected chi connectivity index (χ1v) is 9.31. The van der Waals surface area contributed by atoms with Gasteiger partial charge in [-0.15, -0.1) is 11.3 Å². The summed E-state index contributed by atoms with van der Waals surface area (Å²) >= 11 is 0.819. The van der Waals surface area contributed by atoms with Crippen molar-refractivity contribution in [3.05, 3.63) is 70.2 Å². The Hall–Kier alpha value is -3.66. The molecule has 4 aromatic rings. The minimum absolute atomic E-state index is 0.0441. The molecular formula is C20H11F3N2O4S. The Kier molecular flexibility index (Phi) is 4.78. The molecule has 0 radical (unpaired) electrons. The Balaban J connectivity index is 1.72. The van der Waals surface area contributed by atoms with Crippen molar-refractivity contribution >= 4 is 39.3 Å². The molecule has 0 bridgehead atoms. The number of aromatic nitrogens is 1. The average Bonchev–Trinajstić information content (AvgIpc) is 3.30. The van der Waals surface area contributed by atoms with Gasteiger partial charge in [-0.05, 0) is 24.6 Å². The highest BCUT2D eigenvalue weighted by atomic mass is 32.1. The van der Waals surface area contributed by atoms with Crippen LogP contribution in [0.2, 0.25) is 0 Å². The van der Waals surface area contributed by atoms with Gasteiger partial charge in [-0.2, -0.15) is 0 Å². The van der Waals surface area contributed by atoms with Crippen molar-refractivity contribution in [3.63, 3.8) is 0 Å². The van der Waals surface area contributed by atoms with Gasteiger partial charge in [0, 0.05) is 22.6 Å². The van der Waals surface area contributed by atoms with Gasteiger partial charge in [0.05, 0.1) is 0 Å². The van der Waals surface area contributed by atoms with Crippen LogP contribution < -0.4 is 5.32 Å². The van der Waals surface area contributed by atoms with Crippen molar-refractivity contribution in [2.24, 2.45) is 0 Å². The van der Waals surface area contributed by atoms with Crippen LogP contribution in [0.3, 0.4) is 0 Å². The van der Waals surface area contributed by atoms with E-state index in [2.05, 4.69) is 10.3 Å². The summed E-state index contributed by atoms with van der Waals surface area (Å²) in [6.45, 7) is 1.38. The monoisotopic (exact) mass is 432 g/mol. The molecule has 0 atom stereocenters. The first-order chi connectivity index (χ1) is 14.3. The molecule has 0 spiro atoms. The maximum atomic E-state index is 14.4. The Morgan fingerprint density at radius 3 is 2.60 bits per heavy atom. The molecule has 152 valence electrons. The maximum Gasteiger partial charge on any atom is 0.339 e. The number of halogens is 3. The lowest BCUT2D eigenvalue weighted by atomic mass is 10.0. The molecule has 6 nitrogen and oxygen atoms in total. The van der Waals surface area contributed by atoms with Gasteiger partial charge in [-0.3, -0.25) is 4.79 Å². The summed E-state index contributed by atoms with van der Waals surface area (Å²) in [5.41, 5.74) is -0.378. The van der Waals surface area contributed by atoms with Crippen molar-refractivity contribution in [2.45, 2.75) is 6.92 Å². The fourth-order valence-electron chi connectivity index (χ4n) is 2.87. The number of carboxylic acid groups (broad SMARTS) is 1. The number of amides is 1. The first-order valence-electron chi connectivity index (χ1n) is 8.43. The number of carbonyl (C=O) groups is 2. The van der Waals surface area contributed by atoms with E-state index in [-0.39, 0.29) is 32.8 Å². The Bertz CT molecular complexity index is 1330. The van der Waals surface area contributed by atoms with Gasteiger partial charge < -0.3 is 14.8 Å². The van der Waals surface area contributed by atoms with Crippen LogP contribution in [0.15, 0.2) is 40.1 Å². The molecule has 4 rings (SSSR count). The van der Waals surface area contributed by atoms with Gasteiger partial charge in [0.2, 0.25) is 0 Å². The summed E-state index contributed by atoms with van der Waals surface area (Å²) in [6, 6.07) is 6.12. The number of hydrogen-bond acceptors (Lipinski definition) is 5. The third-order valence-corrected chi connectivity index (χ3v) is 5.24. The molecule has 0 saturated carbocycles. The molecule has 0 saturated heterocycles. The quantitative estimate of drug-likeness (QED) is 0.461. The molecular weight excluding hydrogens is 421 g/mol. The zero-order valence-electron chi connectivity index (χ0n) is 15.1. The van der Waals surface area contributed by atoms with E-state index < -0.39 is 40.8 Å². The summed E-state index contributed by atoms with van der Waals surface area (Å²) < 4.78 is 46.8. The summed E-state index contributed by atoms with van der Waals surface area (Å²) in [4.78, 5) is 28.2. The second-order valence-electron chi connectivity index (χ2n) is 6.30. The maximum absolute atomic E-state index is 14.4. The highest BCUT2D eigenvalue weighted by molar-refractivity contribution is 7.15. The van der Waals surface area contributed by atoms with E-state index in [1.807, 2.05) is 0 Å². The first kappa shape index (κ1) is 19.6. The number of hydrogen-bond donors (Lipinski definition) is 2. The molecule has 1 amide bonds. The number of carboxylic acids is 1. The van der Waals surface area contributed by atoms with Gasteiger partial charge in [0.15, 0.2) is 17.2 Å². The number of benzene rings is 2. The van der Waals surface area contributed by atoms with Gasteiger partial charge in [0.1, 0.15) is 21.9 Å². The van der Waals surface area contributed by atoms with E-state index in [1.165, 1.54) is 30.5 Å². The second-order valence-corrected chi connectivity index (χ2v) is 7.18. The molecule has 30 heavy (non-hydrogen) atoms. The normalized spacial score (nSPS) is 11.1. The molecule has 2 N–H and O–H groups in total. The second kappa shape index (κ2) is 7.30. The number of aryl methyl sites for hydroxylation is 1. The van der Waals surface area contributed by atoms with E-state index in [9.17, 15) is 27.9 Å². The van der Waals surface area contributed by atoms with Crippen LogP contribution in [0.5, 0.6) is 0 Å². The molecule has 0 aliphatic heterocycles. The Morgan fingerprint density at radius 2 is 1.87 bits per heavy atom. The van der Waals surface area contributed by atoms with Crippen molar-refractivity contribution in [2.75, 3.05) is 5.32 Å². The number of nitrogens with one attached hydrogen (secondary N) is 1. The van der Waals surface area contributed by atoms with E-state index >= 15 is 0 Å². The van der Waals surface area contributed by atoms with E-state index in [4.69, 9.17) is 4.42 Å². The smallest absolute Gasteiger partial charge is 0.339 e. The predicted molar refractivity (Wildman–Crippen MR) is 103 cm³/mol. The molecule has 2 aromatic heterocycles. The number of anilines is 1. The topological polar surface area (TPSA) is 92.4 Å². The number of oxazole rings is 1.